The first kappa shape index (κ1) is 25.0. The Hall–Kier alpha value is -3.68. The highest BCUT2D eigenvalue weighted by molar-refractivity contribution is 6.10. The van der Waals surface area contributed by atoms with Crippen molar-refractivity contribution in [3.63, 3.8) is 0 Å². The number of fused-ring (bicyclic) bond motifs is 3. The molecular formula is C31H32N2O4. The summed E-state index contributed by atoms with van der Waals surface area (Å²) in [4.78, 5) is 5.43. The van der Waals surface area contributed by atoms with Crippen molar-refractivity contribution in [3.05, 3.63) is 114 Å². The lowest BCUT2D eigenvalue weighted by molar-refractivity contribution is -0.314. The summed E-state index contributed by atoms with van der Waals surface area (Å²) in [6, 6.07) is 33.9. The van der Waals surface area contributed by atoms with E-state index >= 15 is 0 Å². The van der Waals surface area contributed by atoms with Gasteiger partial charge in [0.15, 0.2) is 0 Å². The number of methoxy groups -OCH3 is 2. The molecule has 1 heterocycles. The first-order chi connectivity index (χ1) is 18.1. The fourth-order valence-corrected chi connectivity index (χ4v) is 4.98. The molecule has 0 aliphatic carbocycles. The molecular weight excluding hydrogens is 464 g/mol. The Morgan fingerprint density at radius 1 is 0.784 bits per heavy atom. The van der Waals surface area contributed by atoms with Crippen LogP contribution < -0.4 is 4.74 Å². The monoisotopic (exact) mass is 496 g/mol. The number of para-hydroxylation sites is 1. The third kappa shape index (κ3) is 5.10. The SMILES string of the molecule is COC(OC)(c1ccccc1)N(Cc1ccccc1)CC(O)COc1cccc2[nH]c3ccccc3c12. The van der Waals surface area contributed by atoms with E-state index in [-0.39, 0.29) is 13.2 Å². The van der Waals surface area contributed by atoms with Gasteiger partial charge in [-0.3, -0.25) is 0 Å². The van der Waals surface area contributed by atoms with Crippen LogP contribution in [-0.2, 0) is 21.9 Å². The summed E-state index contributed by atoms with van der Waals surface area (Å²) in [5, 5.41) is 13.3. The van der Waals surface area contributed by atoms with E-state index in [9.17, 15) is 5.11 Å². The maximum absolute atomic E-state index is 11.2. The largest absolute Gasteiger partial charge is 0.490 e. The van der Waals surface area contributed by atoms with Crippen molar-refractivity contribution in [2.24, 2.45) is 0 Å². The Labute approximate surface area is 217 Å². The number of benzene rings is 4. The molecule has 0 aliphatic rings. The minimum Gasteiger partial charge on any atom is -0.490 e. The number of nitrogens with one attached hydrogen (secondary N) is 1. The van der Waals surface area contributed by atoms with Crippen LogP contribution in [-0.4, -0.2) is 48.5 Å². The zero-order chi connectivity index (χ0) is 25.7. The summed E-state index contributed by atoms with van der Waals surface area (Å²) < 4.78 is 18.2. The number of aliphatic hydroxyl groups excluding tert-OH is 1. The fourth-order valence-electron chi connectivity index (χ4n) is 4.98. The first-order valence-electron chi connectivity index (χ1n) is 12.4. The van der Waals surface area contributed by atoms with E-state index in [4.69, 9.17) is 14.2 Å². The molecule has 4 aromatic carbocycles. The molecule has 0 amide bonds. The van der Waals surface area contributed by atoms with E-state index in [1.54, 1.807) is 14.2 Å². The molecule has 6 nitrogen and oxygen atoms in total. The maximum Gasteiger partial charge on any atom is 0.258 e. The number of nitrogens with zero attached hydrogens (tertiary/aromatic N) is 1. The molecule has 1 atom stereocenters. The van der Waals surface area contributed by atoms with Gasteiger partial charge in [-0.05, 0) is 23.8 Å². The number of aromatic nitrogens is 1. The van der Waals surface area contributed by atoms with Crippen LogP contribution in [0.15, 0.2) is 103 Å². The highest BCUT2D eigenvalue weighted by Gasteiger charge is 2.40. The van der Waals surface area contributed by atoms with Crippen molar-refractivity contribution in [2.75, 3.05) is 27.4 Å². The molecule has 6 heteroatoms. The van der Waals surface area contributed by atoms with Crippen LogP contribution >= 0.6 is 0 Å². The van der Waals surface area contributed by atoms with E-state index in [0.29, 0.717) is 6.54 Å². The van der Waals surface area contributed by atoms with E-state index in [0.717, 1.165) is 38.7 Å². The molecule has 0 radical (unpaired) electrons. The van der Waals surface area contributed by atoms with Crippen LogP contribution in [0.5, 0.6) is 5.75 Å². The summed E-state index contributed by atoms with van der Waals surface area (Å²) in [6.45, 7) is 0.879. The van der Waals surface area contributed by atoms with E-state index in [1.807, 2.05) is 89.8 Å². The predicted molar refractivity (Wildman–Crippen MR) is 146 cm³/mol. The summed E-state index contributed by atoms with van der Waals surface area (Å²) >= 11 is 0. The topological polar surface area (TPSA) is 67.0 Å². The van der Waals surface area contributed by atoms with Gasteiger partial charge in [0.2, 0.25) is 0 Å². The highest BCUT2D eigenvalue weighted by atomic mass is 16.7. The van der Waals surface area contributed by atoms with Gasteiger partial charge in [-0.15, -0.1) is 0 Å². The minimum atomic E-state index is -1.19. The van der Waals surface area contributed by atoms with E-state index in [2.05, 4.69) is 23.2 Å². The molecule has 0 spiro atoms. The summed E-state index contributed by atoms with van der Waals surface area (Å²) in [5.41, 5.74) is 3.97. The maximum atomic E-state index is 11.2. The molecule has 0 bridgehead atoms. The Balaban J connectivity index is 1.41. The lowest BCUT2D eigenvalue weighted by Gasteiger charge is -2.42. The van der Waals surface area contributed by atoms with Gasteiger partial charge in [-0.2, -0.15) is 0 Å². The minimum absolute atomic E-state index is 0.113. The Bertz CT molecular complexity index is 1430. The lowest BCUT2D eigenvalue weighted by Crippen LogP contribution is -2.52. The predicted octanol–water partition coefficient (Wildman–Crippen LogP) is 5.67. The second-order valence-corrected chi connectivity index (χ2v) is 9.04. The van der Waals surface area contributed by atoms with Crippen molar-refractivity contribution in [1.29, 1.82) is 0 Å². The van der Waals surface area contributed by atoms with Gasteiger partial charge in [0.1, 0.15) is 18.5 Å². The van der Waals surface area contributed by atoms with Crippen molar-refractivity contribution >= 4 is 21.8 Å². The van der Waals surface area contributed by atoms with Gasteiger partial charge >= 0.3 is 0 Å². The zero-order valence-corrected chi connectivity index (χ0v) is 21.1. The van der Waals surface area contributed by atoms with Crippen LogP contribution in [0.2, 0.25) is 0 Å². The molecule has 190 valence electrons. The number of hydrogen-bond donors (Lipinski definition) is 2. The van der Waals surface area contributed by atoms with Crippen LogP contribution in [0.25, 0.3) is 21.8 Å². The van der Waals surface area contributed by atoms with Crippen LogP contribution in [0.3, 0.4) is 0 Å². The number of hydrogen-bond acceptors (Lipinski definition) is 5. The normalized spacial score (nSPS) is 12.9. The Kier molecular flexibility index (Phi) is 7.53. The van der Waals surface area contributed by atoms with Crippen molar-refractivity contribution < 1.29 is 19.3 Å². The average molecular weight is 497 g/mol. The van der Waals surface area contributed by atoms with Gasteiger partial charge in [0, 0.05) is 49.2 Å². The third-order valence-corrected chi connectivity index (χ3v) is 6.68. The number of rotatable bonds is 11. The zero-order valence-electron chi connectivity index (χ0n) is 21.1. The van der Waals surface area contributed by atoms with Gasteiger partial charge in [0.05, 0.1) is 5.52 Å². The van der Waals surface area contributed by atoms with Gasteiger partial charge in [0.25, 0.3) is 5.91 Å². The quantitative estimate of drug-likeness (QED) is 0.231. The molecule has 5 rings (SSSR count). The molecule has 0 fully saturated rings. The van der Waals surface area contributed by atoms with Gasteiger partial charge < -0.3 is 24.3 Å². The van der Waals surface area contributed by atoms with E-state index in [1.165, 1.54) is 0 Å². The van der Waals surface area contributed by atoms with Gasteiger partial charge in [-0.1, -0.05) is 84.9 Å². The molecule has 0 saturated carbocycles. The molecule has 0 saturated heterocycles. The molecule has 37 heavy (non-hydrogen) atoms. The summed E-state index contributed by atoms with van der Waals surface area (Å²) in [6.07, 6.45) is -0.808. The second-order valence-electron chi connectivity index (χ2n) is 9.04. The van der Waals surface area contributed by atoms with Crippen LogP contribution in [0, 0.1) is 0 Å². The highest BCUT2D eigenvalue weighted by Crippen LogP contribution is 2.34. The molecule has 2 N–H and O–H groups in total. The number of aliphatic hydroxyl groups is 1. The molecule has 5 aromatic rings. The van der Waals surface area contributed by atoms with Crippen molar-refractivity contribution in [2.45, 2.75) is 18.6 Å². The second kappa shape index (κ2) is 11.2. The van der Waals surface area contributed by atoms with Crippen LogP contribution in [0.1, 0.15) is 11.1 Å². The number of aromatic amines is 1. The Morgan fingerprint density at radius 2 is 1.43 bits per heavy atom. The number of H-pyrrole nitrogens is 1. The summed E-state index contributed by atoms with van der Waals surface area (Å²) in [5.74, 6) is -0.453. The Morgan fingerprint density at radius 3 is 2.16 bits per heavy atom. The average Bonchev–Trinajstić information content (AvgIpc) is 3.33. The lowest BCUT2D eigenvalue weighted by atomic mass is 10.1. The standard InChI is InChI=1S/C31H32N2O4/c1-35-31(36-2,24-14-7-4-8-15-24)33(20-23-12-5-3-6-13-23)21-25(34)22-37-29-19-11-18-28-30(29)26-16-9-10-17-27(26)32-28/h3-19,25,32,34H,20-22H2,1-2H3. The first-order valence-corrected chi connectivity index (χ1v) is 12.4. The fraction of sp³-hybridized carbons (Fsp3) is 0.226. The van der Waals surface area contributed by atoms with Gasteiger partial charge in [-0.25, -0.2) is 4.90 Å². The van der Waals surface area contributed by atoms with Crippen molar-refractivity contribution in [1.82, 2.24) is 9.88 Å². The molecule has 0 aliphatic heterocycles. The third-order valence-electron chi connectivity index (χ3n) is 6.68. The summed E-state index contributed by atoms with van der Waals surface area (Å²) in [7, 11) is 3.24. The van der Waals surface area contributed by atoms with Crippen molar-refractivity contribution in [3.8, 4) is 5.75 Å². The van der Waals surface area contributed by atoms with E-state index < -0.39 is 12.0 Å². The smallest absolute Gasteiger partial charge is 0.258 e. The molecule has 1 unspecified atom stereocenters. The molecule has 1 aromatic heterocycles. The van der Waals surface area contributed by atoms with Crippen LogP contribution in [0.4, 0.5) is 0 Å². The number of ether oxygens (including phenoxy) is 3.